The number of para-hydroxylation sites is 1. The number of nitrogens with one attached hydrogen (secondary N) is 1. The summed E-state index contributed by atoms with van der Waals surface area (Å²) in [6.45, 7) is 6.15. The summed E-state index contributed by atoms with van der Waals surface area (Å²) in [5, 5.41) is 0. The molecule has 0 spiro atoms. The van der Waals surface area contributed by atoms with Crippen LogP contribution in [0.4, 0.5) is 5.69 Å². The van der Waals surface area contributed by atoms with Crippen LogP contribution in [0.25, 0.3) is 0 Å². The lowest BCUT2D eigenvalue weighted by atomic mass is 10.0. The van der Waals surface area contributed by atoms with Gasteiger partial charge in [0.05, 0.1) is 17.0 Å². The fourth-order valence-corrected chi connectivity index (χ4v) is 2.64. The minimum Gasteiger partial charge on any atom is -0.342 e. The maximum atomic E-state index is 12.6. The number of nitrogens with zero attached hydrogens (tertiary/aromatic N) is 1. The molecule has 1 unspecified atom stereocenters. The van der Waals surface area contributed by atoms with Gasteiger partial charge in [-0.1, -0.05) is 26.0 Å². The van der Waals surface area contributed by atoms with Crippen LogP contribution < -0.4 is 10.5 Å². The molecule has 0 bridgehead atoms. The quantitative estimate of drug-likeness (QED) is 0.727. The zero-order chi connectivity index (χ0) is 17.6. The Hall–Kier alpha value is -1.31. The van der Waals surface area contributed by atoms with E-state index in [1.807, 2.05) is 13.8 Å². The third kappa shape index (κ3) is 6.67. The van der Waals surface area contributed by atoms with E-state index >= 15 is 0 Å². The van der Waals surface area contributed by atoms with Crippen LogP contribution in [0.15, 0.2) is 24.3 Å². The second-order valence-electron chi connectivity index (χ2n) is 5.97. The van der Waals surface area contributed by atoms with Crippen molar-refractivity contribution in [3.63, 3.8) is 0 Å². The van der Waals surface area contributed by atoms with Crippen LogP contribution in [0.5, 0.6) is 0 Å². The highest BCUT2D eigenvalue weighted by Crippen LogP contribution is 2.19. The first-order valence-electron chi connectivity index (χ1n) is 7.78. The van der Waals surface area contributed by atoms with E-state index in [4.69, 9.17) is 5.73 Å². The Morgan fingerprint density at radius 3 is 2.42 bits per heavy atom. The highest BCUT2D eigenvalue weighted by atomic mass is 35.5. The Kier molecular flexibility index (Phi) is 9.32. The number of nitrogens with two attached hydrogens (primary N) is 1. The van der Waals surface area contributed by atoms with E-state index in [0.717, 1.165) is 0 Å². The van der Waals surface area contributed by atoms with Gasteiger partial charge in [0.15, 0.2) is 0 Å². The molecule has 6 nitrogen and oxygen atoms in total. The van der Waals surface area contributed by atoms with Crippen molar-refractivity contribution in [1.29, 1.82) is 0 Å². The molecule has 1 atom stereocenters. The van der Waals surface area contributed by atoms with E-state index in [1.165, 1.54) is 0 Å². The highest BCUT2D eigenvalue weighted by Gasteiger charge is 2.19. The summed E-state index contributed by atoms with van der Waals surface area (Å²) in [6.07, 6.45) is 0.697. The van der Waals surface area contributed by atoms with Gasteiger partial charge in [-0.25, -0.2) is 8.42 Å². The van der Waals surface area contributed by atoms with Crippen molar-refractivity contribution in [1.82, 2.24) is 4.90 Å². The van der Waals surface area contributed by atoms with Gasteiger partial charge in [-0.15, -0.1) is 12.4 Å². The number of benzene rings is 1. The number of hydrogen-bond donors (Lipinski definition) is 2. The van der Waals surface area contributed by atoms with E-state index in [-0.39, 0.29) is 30.1 Å². The molecule has 1 aromatic rings. The Morgan fingerprint density at radius 1 is 1.29 bits per heavy atom. The third-order valence-corrected chi connectivity index (χ3v) is 5.09. The SMILES string of the molecule is CCS(=O)(=O)Nc1ccccc1C(=O)N(C)CCC(N)C(C)C.Cl. The molecule has 0 saturated heterocycles. The van der Waals surface area contributed by atoms with Crippen LogP contribution >= 0.6 is 12.4 Å². The number of halogens is 1. The van der Waals surface area contributed by atoms with Gasteiger partial charge in [0.2, 0.25) is 10.0 Å². The molecule has 24 heavy (non-hydrogen) atoms. The first kappa shape index (κ1) is 22.7. The van der Waals surface area contributed by atoms with Crippen molar-refractivity contribution in [2.75, 3.05) is 24.1 Å². The molecule has 0 aliphatic heterocycles. The van der Waals surface area contributed by atoms with Crippen molar-refractivity contribution in [2.45, 2.75) is 33.2 Å². The summed E-state index contributed by atoms with van der Waals surface area (Å²) in [7, 11) is -1.74. The molecule has 0 radical (unpaired) electrons. The first-order valence-corrected chi connectivity index (χ1v) is 9.43. The average molecular weight is 378 g/mol. The summed E-state index contributed by atoms with van der Waals surface area (Å²) in [5.41, 5.74) is 6.65. The minimum absolute atomic E-state index is 0. The number of anilines is 1. The van der Waals surface area contributed by atoms with Gasteiger partial charge >= 0.3 is 0 Å². The zero-order valence-electron chi connectivity index (χ0n) is 14.7. The summed E-state index contributed by atoms with van der Waals surface area (Å²) < 4.78 is 26.0. The van der Waals surface area contributed by atoms with Crippen molar-refractivity contribution in [3.8, 4) is 0 Å². The monoisotopic (exact) mass is 377 g/mol. The fraction of sp³-hybridized carbons (Fsp3) is 0.562. The lowest BCUT2D eigenvalue weighted by Crippen LogP contribution is -2.35. The smallest absolute Gasteiger partial charge is 0.255 e. The van der Waals surface area contributed by atoms with Crippen LogP contribution in [-0.4, -0.2) is 44.6 Å². The summed E-state index contributed by atoms with van der Waals surface area (Å²) >= 11 is 0. The van der Waals surface area contributed by atoms with Gasteiger partial charge in [-0.2, -0.15) is 0 Å². The van der Waals surface area contributed by atoms with Gasteiger partial charge in [-0.05, 0) is 31.4 Å². The number of rotatable bonds is 8. The molecule has 0 saturated carbocycles. The van der Waals surface area contributed by atoms with E-state index in [1.54, 1.807) is 43.1 Å². The molecular weight excluding hydrogens is 350 g/mol. The third-order valence-electron chi connectivity index (χ3n) is 3.80. The van der Waals surface area contributed by atoms with E-state index in [2.05, 4.69) is 4.72 Å². The maximum Gasteiger partial charge on any atom is 0.255 e. The molecular formula is C16H28ClN3O3S. The first-order chi connectivity index (χ1) is 10.7. The Morgan fingerprint density at radius 2 is 1.88 bits per heavy atom. The topological polar surface area (TPSA) is 92.5 Å². The number of hydrogen-bond acceptors (Lipinski definition) is 4. The summed E-state index contributed by atoms with van der Waals surface area (Å²) in [5.74, 6) is 0.0757. The van der Waals surface area contributed by atoms with E-state index in [0.29, 0.717) is 30.1 Å². The van der Waals surface area contributed by atoms with Crippen LogP contribution in [0.3, 0.4) is 0 Å². The number of sulfonamides is 1. The van der Waals surface area contributed by atoms with Gasteiger partial charge in [-0.3, -0.25) is 9.52 Å². The Bertz CT molecular complexity index is 635. The molecule has 0 fully saturated rings. The maximum absolute atomic E-state index is 12.6. The molecule has 1 rings (SSSR count). The van der Waals surface area contributed by atoms with Crippen LogP contribution in [0, 0.1) is 5.92 Å². The molecule has 8 heteroatoms. The van der Waals surface area contributed by atoms with E-state index in [9.17, 15) is 13.2 Å². The number of carbonyl (C=O) groups excluding carboxylic acids is 1. The molecule has 138 valence electrons. The fourth-order valence-electron chi connectivity index (χ4n) is 1.98. The molecule has 0 aliphatic rings. The molecule has 1 aromatic carbocycles. The van der Waals surface area contributed by atoms with Gasteiger partial charge in [0.25, 0.3) is 5.91 Å². The van der Waals surface area contributed by atoms with E-state index < -0.39 is 10.0 Å². The lowest BCUT2D eigenvalue weighted by Gasteiger charge is -2.22. The van der Waals surface area contributed by atoms with Crippen molar-refractivity contribution in [2.24, 2.45) is 11.7 Å². The van der Waals surface area contributed by atoms with Crippen molar-refractivity contribution >= 4 is 34.0 Å². The summed E-state index contributed by atoms with van der Waals surface area (Å²) in [4.78, 5) is 14.1. The van der Waals surface area contributed by atoms with Crippen LogP contribution in [-0.2, 0) is 10.0 Å². The molecule has 0 aromatic heterocycles. The standard InChI is InChI=1S/C16H27N3O3S.ClH/c1-5-23(21,22)18-15-9-7-6-8-13(15)16(20)19(4)11-10-14(17)12(2)3;/h6-9,12,14,18H,5,10-11,17H2,1-4H3;1H. The second-order valence-corrected chi connectivity index (χ2v) is 7.99. The molecule has 0 aliphatic carbocycles. The number of amides is 1. The lowest BCUT2D eigenvalue weighted by molar-refractivity contribution is 0.0790. The van der Waals surface area contributed by atoms with Crippen LogP contribution in [0.1, 0.15) is 37.6 Å². The minimum atomic E-state index is -3.43. The highest BCUT2D eigenvalue weighted by molar-refractivity contribution is 7.92. The Labute approximate surface area is 151 Å². The predicted octanol–water partition coefficient (Wildman–Crippen LogP) is 2.32. The van der Waals surface area contributed by atoms with Gasteiger partial charge < -0.3 is 10.6 Å². The second kappa shape index (κ2) is 9.86. The van der Waals surface area contributed by atoms with Crippen LogP contribution in [0.2, 0.25) is 0 Å². The Balaban J connectivity index is 0.00000529. The molecule has 3 N–H and O–H groups in total. The largest absolute Gasteiger partial charge is 0.342 e. The predicted molar refractivity (Wildman–Crippen MR) is 101 cm³/mol. The molecule has 0 heterocycles. The van der Waals surface area contributed by atoms with Crippen molar-refractivity contribution < 1.29 is 13.2 Å². The normalized spacial score (nSPS) is 12.4. The van der Waals surface area contributed by atoms with Gasteiger partial charge in [0, 0.05) is 19.6 Å². The number of carbonyl (C=O) groups is 1. The van der Waals surface area contributed by atoms with Crippen molar-refractivity contribution in [3.05, 3.63) is 29.8 Å². The average Bonchev–Trinajstić information content (AvgIpc) is 2.51. The summed E-state index contributed by atoms with van der Waals surface area (Å²) in [6, 6.07) is 6.64. The van der Waals surface area contributed by atoms with Gasteiger partial charge in [0.1, 0.15) is 0 Å². The molecule has 1 amide bonds. The zero-order valence-corrected chi connectivity index (χ0v) is 16.3.